The molecule has 120 valence electrons. The summed E-state index contributed by atoms with van der Waals surface area (Å²) in [4.78, 5) is 29.2. The monoisotopic (exact) mass is 323 g/mol. The van der Waals surface area contributed by atoms with Gasteiger partial charge < -0.3 is 10.4 Å². The molecule has 2 heterocycles. The molecule has 0 atom stereocenters. The molecule has 7 heteroatoms. The number of nitrogens with one attached hydrogen (secondary N) is 1. The van der Waals surface area contributed by atoms with Gasteiger partial charge in [0.05, 0.1) is 0 Å². The smallest absolute Gasteiger partial charge is 0.271 e. The molecule has 6 nitrogen and oxygen atoms in total. The molecule has 22 heavy (non-hydrogen) atoms. The molecule has 0 fully saturated rings. The largest absolute Gasteiger partial charge is 0.396 e. The van der Waals surface area contributed by atoms with Crippen LogP contribution in [0.3, 0.4) is 0 Å². The second kappa shape index (κ2) is 6.58. The van der Waals surface area contributed by atoms with Crippen LogP contribution in [0.5, 0.6) is 0 Å². The third-order valence-electron chi connectivity index (χ3n) is 3.61. The minimum absolute atomic E-state index is 0.0559. The summed E-state index contributed by atoms with van der Waals surface area (Å²) in [7, 11) is 0. The Bertz CT molecular complexity index is 733. The molecule has 0 bridgehead atoms. The van der Waals surface area contributed by atoms with Gasteiger partial charge in [-0.25, -0.2) is 4.98 Å². The summed E-state index contributed by atoms with van der Waals surface area (Å²) >= 11 is 1.37. The molecule has 0 unspecified atom stereocenters. The Labute approximate surface area is 132 Å². The number of aromatic nitrogens is 2. The number of hydrogen-bond donors (Lipinski definition) is 2. The molecule has 2 aromatic rings. The van der Waals surface area contributed by atoms with Crippen molar-refractivity contribution in [3.8, 4) is 0 Å². The Morgan fingerprint density at radius 1 is 1.50 bits per heavy atom. The number of carbonyl (C=O) groups excluding carboxylic acids is 1. The van der Waals surface area contributed by atoms with E-state index in [1.54, 1.807) is 0 Å². The first-order chi connectivity index (χ1) is 10.4. The van der Waals surface area contributed by atoms with E-state index < -0.39 is 5.91 Å². The number of aliphatic hydroxyl groups is 1. The molecule has 0 aliphatic heterocycles. The fourth-order valence-corrected chi connectivity index (χ4v) is 2.95. The van der Waals surface area contributed by atoms with E-state index >= 15 is 0 Å². The van der Waals surface area contributed by atoms with Crippen LogP contribution in [0.4, 0.5) is 0 Å². The molecule has 0 spiro atoms. The first-order valence-corrected chi connectivity index (χ1v) is 8.08. The molecule has 2 rings (SSSR count). The lowest BCUT2D eigenvalue weighted by Gasteiger charge is -2.21. The number of amides is 1. The van der Waals surface area contributed by atoms with Crippen molar-refractivity contribution in [1.29, 1.82) is 0 Å². The predicted octanol–water partition coefficient (Wildman–Crippen LogP) is 1.59. The van der Waals surface area contributed by atoms with Gasteiger partial charge in [-0.15, -0.1) is 11.3 Å². The van der Waals surface area contributed by atoms with Gasteiger partial charge in [0.2, 0.25) is 0 Å². The molecular weight excluding hydrogens is 302 g/mol. The van der Waals surface area contributed by atoms with Crippen molar-refractivity contribution in [2.24, 2.45) is 5.41 Å². The number of nitrogens with zero attached hydrogens (tertiary/aromatic N) is 2. The summed E-state index contributed by atoms with van der Waals surface area (Å²) in [6.45, 7) is 6.33. The van der Waals surface area contributed by atoms with Crippen molar-refractivity contribution in [2.75, 3.05) is 13.2 Å². The van der Waals surface area contributed by atoms with Crippen LogP contribution in [-0.2, 0) is 0 Å². The minimum Gasteiger partial charge on any atom is -0.396 e. The topological polar surface area (TPSA) is 83.7 Å². The zero-order valence-corrected chi connectivity index (χ0v) is 13.9. The highest BCUT2D eigenvalue weighted by Gasteiger charge is 2.17. The van der Waals surface area contributed by atoms with Crippen molar-refractivity contribution in [1.82, 2.24) is 14.7 Å². The summed E-state index contributed by atoms with van der Waals surface area (Å²) in [5.41, 5.74) is 0.340. The first kappa shape index (κ1) is 16.6. The van der Waals surface area contributed by atoms with Crippen LogP contribution < -0.4 is 10.9 Å². The van der Waals surface area contributed by atoms with Gasteiger partial charge in [0.25, 0.3) is 11.5 Å². The molecule has 0 aliphatic carbocycles. The molecule has 0 saturated carbocycles. The Morgan fingerprint density at radius 2 is 2.23 bits per heavy atom. The third-order valence-corrected chi connectivity index (χ3v) is 4.56. The fourth-order valence-electron chi connectivity index (χ4n) is 2.12. The van der Waals surface area contributed by atoms with Gasteiger partial charge in [-0.2, -0.15) is 0 Å². The maximum Gasteiger partial charge on any atom is 0.271 e. The lowest BCUT2D eigenvalue weighted by molar-refractivity contribution is 0.0946. The summed E-state index contributed by atoms with van der Waals surface area (Å²) < 4.78 is 1.45. The number of carbonyl (C=O) groups is 1. The van der Waals surface area contributed by atoms with Crippen LogP contribution in [0.15, 0.2) is 16.4 Å². The molecule has 2 N–H and O–H groups in total. The van der Waals surface area contributed by atoms with E-state index in [1.807, 2.05) is 26.2 Å². The van der Waals surface area contributed by atoms with E-state index in [2.05, 4.69) is 10.3 Å². The average Bonchev–Trinajstić information content (AvgIpc) is 2.86. The number of thiazole rings is 1. The second-order valence-corrected chi connectivity index (χ2v) is 6.99. The van der Waals surface area contributed by atoms with E-state index in [9.17, 15) is 14.7 Å². The summed E-state index contributed by atoms with van der Waals surface area (Å²) in [6.07, 6.45) is 2.87. The molecule has 0 aromatic carbocycles. The Hall–Kier alpha value is -1.73. The summed E-state index contributed by atoms with van der Waals surface area (Å²) in [5.74, 6) is -0.403. The molecule has 0 saturated heterocycles. The second-order valence-electron chi connectivity index (χ2n) is 6.15. The van der Waals surface area contributed by atoms with E-state index in [1.165, 1.54) is 21.9 Å². The normalized spacial score (nSPS) is 11.8. The van der Waals surface area contributed by atoms with Crippen LogP contribution in [0, 0.1) is 12.3 Å². The number of fused-ring (bicyclic) bond motifs is 1. The van der Waals surface area contributed by atoms with Crippen molar-refractivity contribution in [3.05, 3.63) is 33.2 Å². The van der Waals surface area contributed by atoms with E-state index in [0.717, 1.165) is 18.5 Å². The maximum absolute atomic E-state index is 12.3. The molecule has 2 aromatic heterocycles. The SMILES string of the molecule is Cc1csc2ncc(C(=O)NCCCC(C)(C)CO)c(=O)n12. The molecule has 1 amide bonds. The summed E-state index contributed by atoms with van der Waals surface area (Å²) in [5, 5.41) is 13.8. The lowest BCUT2D eigenvalue weighted by Crippen LogP contribution is -2.32. The molecule has 0 radical (unpaired) electrons. The first-order valence-electron chi connectivity index (χ1n) is 7.20. The Morgan fingerprint density at radius 3 is 2.91 bits per heavy atom. The number of aryl methyl sites for hydroxylation is 1. The van der Waals surface area contributed by atoms with E-state index in [4.69, 9.17) is 0 Å². The highest BCUT2D eigenvalue weighted by atomic mass is 32.1. The van der Waals surface area contributed by atoms with Crippen LogP contribution in [0.1, 0.15) is 42.7 Å². The van der Waals surface area contributed by atoms with Gasteiger partial charge in [0.15, 0.2) is 4.96 Å². The van der Waals surface area contributed by atoms with Crippen LogP contribution >= 0.6 is 11.3 Å². The average molecular weight is 323 g/mol. The number of hydrogen-bond acceptors (Lipinski definition) is 5. The van der Waals surface area contributed by atoms with Crippen LogP contribution in [-0.4, -0.2) is 33.6 Å². The molecule has 0 aliphatic rings. The van der Waals surface area contributed by atoms with Gasteiger partial charge in [-0.1, -0.05) is 13.8 Å². The van der Waals surface area contributed by atoms with E-state index in [0.29, 0.717) is 11.5 Å². The highest BCUT2D eigenvalue weighted by molar-refractivity contribution is 7.15. The lowest BCUT2D eigenvalue weighted by atomic mass is 9.89. The molecular formula is C15H21N3O3S. The van der Waals surface area contributed by atoms with Crippen molar-refractivity contribution in [3.63, 3.8) is 0 Å². The van der Waals surface area contributed by atoms with Crippen LogP contribution in [0.2, 0.25) is 0 Å². The standard InChI is InChI=1S/C15H21N3O3S/c1-10-8-22-14-17-7-11(13(21)18(10)14)12(20)16-6-4-5-15(2,3)9-19/h7-8,19H,4-6,9H2,1-3H3,(H,16,20). The predicted molar refractivity (Wildman–Crippen MR) is 86.5 cm³/mol. The maximum atomic E-state index is 12.3. The Kier molecular flexibility index (Phi) is 4.97. The van der Waals surface area contributed by atoms with Crippen LogP contribution in [0.25, 0.3) is 4.96 Å². The van der Waals surface area contributed by atoms with E-state index in [-0.39, 0.29) is 23.1 Å². The number of aliphatic hydroxyl groups excluding tert-OH is 1. The van der Waals surface area contributed by atoms with Gasteiger partial charge >= 0.3 is 0 Å². The minimum atomic E-state index is -0.403. The van der Waals surface area contributed by atoms with Crippen molar-refractivity contribution >= 4 is 22.2 Å². The zero-order valence-electron chi connectivity index (χ0n) is 13.0. The fraction of sp³-hybridized carbons (Fsp3) is 0.533. The quantitative estimate of drug-likeness (QED) is 0.791. The number of rotatable bonds is 6. The van der Waals surface area contributed by atoms with Crippen molar-refractivity contribution in [2.45, 2.75) is 33.6 Å². The summed E-state index contributed by atoms with van der Waals surface area (Å²) in [6, 6.07) is 0. The highest BCUT2D eigenvalue weighted by Crippen LogP contribution is 2.20. The van der Waals surface area contributed by atoms with Gasteiger partial charge in [0.1, 0.15) is 5.56 Å². The third kappa shape index (κ3) is 3.53. The van der Waals surface area contributed by atoms with Gasteiger partial charge in [-0.05, 0) is 25.2 Å². The Balaban J connectivity index is 2.03. The van der Waals surface area contributed by atoms with Gasteiger partial charge in [0, 0.05) is 30.4 Å². The van der Waals surface area contributed by atoms with Gasteiger partial charge in [-0.3, -0.25) is 14.0 Å². The zero-order chi connectivity index (χ0) is 16.3. The van der Waals surface area contributed by atoms with Crippen molar-refractivity contribution < 1.29 is 9.90 Å².